The van der Waals surface area contributed by atoms with Crippen LogP contribution in [0.1, 0.15) is 233 Å². The molecule has 0 fully saturated rings. The van der Waals surface area contributed by atoms with E-state index in [9.17, 15) is 14.4 Å². The zero-order chi connectivity index (χ0) is 43.7. The quantitative estimate of drug-likeness (QED) is 0.0263. The van der Waals surface area contributed by atoms with Crippen molar-refractivity contribution in [1.29, 1.82) is 0 Å². The van der Waals surface area contributed by atoms with Crippen LogP contribution >= 0.6 is 0 Å². The van der Waals surface area contributed by atoms with E-state index in [1.165, 1.54) is 109 Å². The van der Waals surface area contributed by atoms with E-state index < -0.39 is 12.1 Å². The summed E-state index contributed by atoms with van der Waals surface area (Å²) in [5.41, 5.74) is 0. The van der Waals surface area contributed by atoms with Gasteiger partial charge >= 0.3 is 17.9 Å². The van der Waals surface area contributed by atoms with Crippen molar-refractivity contribution in [3.8, 4) is 0 Å². The highest BCUT2D eigenvalue weighted by molar-refractivity contribution is 5.71. The first-order valence-electron chi connectivity index (χ1n) is 24.9. The number of unbranched alkanes of at least 4 members (excludes halogenated alkanes) is 21. The van der Waals surface area contributed by atoms with E-state index in [2.05, 4.69) is 81.5 Å². The van der Waals surface area contributed by atoms with Crippen molar-refractivity contribution < 1.29 is 28.6 Å². The summed E-state index contributed by atoms with van der Waals surface area (Å²) >= 11 is 0. The summed E-state index contributed by atoms with van der Waals surface area (Å²) in [5, 5.41) is 0. The summed E-state index contributed by atoms with van der Waals surface area (Å²) in [7, 11) is 0. The van der Waals surface area contributed by atoms with Gasteiger partial charge in [-0.2, -0.15) is 0 Å². The normalized spacial score (nSPS) is 12.7. The third-order valence-electron chi connectivity index (χ3n) is 10.5. The van der Waals surface area contributed by atoms with E-state index in [0.29, 0.717) is 19.3 Å². The van der Waals surface area contributed by atoms with Gasteiger partial charge in [-0.25, -0.2) is 0 Å². The summed E-state index contributed by atoms with van der Waals surface area (Å²) in [6, 6.07) is 0. The number of hydrogen-bond acceptors (Lipinski definition) is 6. The van der Waals surface area contributed by atoms with Crippen LogP contribution in [0.4, 0.5) is 0 Å². The van der Waals surface area contributed by atoms with Crippen molar-refractivity contribution in [3.05, 3.63) is 72.9 Å². The lowest BCUT2D eigenvalue weighted by Gasteiger charge is -2.18. The Morgan fingerprint density at radius 2 is 0.683 bits per heavy atom. The maximum atomic E-state index is 12.7. The van der Waals surface area contributed by atoms with Crippen molar-refractivity contribution in [3.63, 3.8) is 0 Å². The van der Waals surface area contributed by atoms with E-state index in [-0.39, 0.29) is 31.6 Å². The van der Waals surface area contributed by atoms with E-state index >= 15 is 0 Å². The second-order valence-electron chi connectivity index (χ2n) is 16.3. The van der Waals surface area contributed by atoms with Gasteiger partial charge in [-0.3, -0.25) is 14.4 Å². The van der Waals surface area contributed by atoms with Crippen LogP contribution in [0.2, 0.25) is 0 Å². The fraction of sp³-hybridized carbons (Fsp3) is 0.722. The average molecular weight is 837 g/mol. The molecule has 0 amide bonds. The first kappa shape index (κ1) is 56.9. The largest absolute Gasteiger partial charge is 0.462 e. The molecule has 1 unspecified atom stereocenters. The van der Waals surface area contributed by atoms with E-state index in [1.54, 1.807) is 0 Å². The average Bonchev–Trinajstić information content (AvgIpc) is 3.24. The predicted molar refractivity (Wildman–Crippen MR) is 256 cm³/mol. The predicted octanol–water partition coefficient (Wildman–Crippen LogP) is 16.3. The Bertz CT molecular complexity index is 1140. The molecule has 1 atom stereocenters. The molecule has 60 heavy (non-hydrogen) atoms. The molecule has 0 radical (unpaired) electrons. The molecule has 0 rings (SSSR count). The van der Waals surface area contributed by atoms with E-state index in [4.69, 9.17) is 14.2 Å². The molecule has 0 heterocycles. The van der Waals surface area contributed by atoms with Gasteiger partial charge in [-0.1, -0.05) is 209 Å². The molecule has 0 spiro atoms. The van der Waals surface area contributed by atoms with Gasteiger partial charge < -0.3 is 14.2 Å². The van der Waals surface area contributed by atoms with Crippen molar-refractivity contribution in [1.82, 2.24) is 0 Å². The number of ether oxygens (including phenoxy) is 3. The van der Waals surface area contributed by atoms with Gasteiger partial charge in [-0.15, -0.1) is 0 Å². The van der Waals surface area contributed by atoms with Gasteiger partial charge in [0.2, 0.25) is 0 Å². The molecule has 6 heteroatoms. The van der Waals surface area contributed by atoms with Gasteiger partial charge in [0, 0.05) is 19.3 Å². The summed E-state index contributed by atoms with van der Waals surface area (Å²) in [6.07, 6.45) is 60.4. The van der Waals surface area contributed by atoms with Crippen molar-refractivity contribution in [2.24, 2.45) is 0 Å². The Kier molecular flexibility index (Phi) is 46.0. The molecule has 0 bridgehead atoms. The number of allylic oxidation sites excluding steroid dienone is 12. The monoisotopic (exact) mass is 837 g/mol. The molecule has 0 saturated heterocycles. The van der Waals surface area contributed by atoms with Crippen molar-refractivity contribution in [2.75, 3.05) is 13.2 Å². The van der Waals surface area contributed by atoms with Gasteiger partial charge in [-0.05, 0) is 77.0 Å². The first-order chi connectivity index (χ1) is 29.5. The van der Waals surface area contributed by atoms with Crippen LogP contribution in [0.15, 0.2) is 72.9 Å². The smallest absolute Gasteiger partial charge is 0.306 e. The fourth-order valence-corrected chi connectivity index (χ4v) is 6.72. The lowest BCUT2D eigenvalue weighted by molar-refractivity contribution is -0.166. The van der Waals surface area contributed by atoms with Crippen molar-refractivity contribution in [2.45, 2.75) is 239 Å². The van der Waals surface area contributed by atoms with Gasteiger partial charge in [0.05, 0.1) is 0 Å². The summed E-state index contributed by atoms with van der Waals surface area (Å²) in [6.45, 7) is 6.42. The first-order valence-corrected chi connectivity index (χ1v) is 24.9. The topological polar surface area (TPSA) is 78.9 Å². The van der Waals surface area contributed by atoms with Gasteiger partial charge in [0.1, 0.15) is 13.2 Å². The molecule has 0 aromatic rings. The molecule has 0 aliphatic heterocycles. The molecule has 344 valence electrons. The fourth-order valence-electron chi connectivity index (χ4n) is 6.72. The molecule has 6 nitrogen and oxygen atoms in total. The maximum absolute atomic E-state index is 12.7. The Morgan fingerprint density at radius 3 is 1.12 bits per heavy atom. The highest BCUT2D eigenvalue weighted by Crippen LogP contribution is 2.14. The van der Waals surface area contributed by atoms with Gasteiger partial charge in [0.25, 0.3) is 0 Å². The number of rotatable bonds is 44. The Hall–Kier alpha value is -3.15. The Balaban J connectivity index is 4.45. The Morgan fingerprint density at radius 1 is 0.350 bits per heavy atom. The van der Waals surface area contributed by atoms with Crippen LogP contribution in [0, 0.1) is 0 Å². The molecule has 0 saturated carbocycles. The molecule has 0 aliphatic carbocycles. The molecule has 0 aromatic carbocycles. The zero-order valence-electron chi connectivity index (χ0n) is 39.2. The highest BCUT2D eigenvalue weighted by atomic mass is 16.6. The highest BCUT2D eigenvalue weighted by Gasteiger charge is 2.19. The minimum absolute atomic E-state index is 0.105. The number of esters is 3. The molecular formula is C54H92O6. The Labute approximate surface area is 370 Å². The summed E-state index contributed by atoms with van der Waals surface area (Å²) in [4.78, 5) is 37.8. The maximum Gasteiger partial charge on any atom is 0.306 e. The van der Waals surface area contributed by atoms with E-state index in [0.717, 1.165) is 77.0 Å². The van der Waals surface area contributed by atoms with E-state index in [1.807, 2.05) is 12.2 Å². The lowest BCUT2D eigenvalue weighted by Crippen LogP contribution is -2.30. The molecular weight excluding hydrogens is 745 g/mol. The third kappa shape index (κ3) is 45.9. The standard InChI is InChI=1S/C54H92O6/c1-4-7-10-13-16-19-22-25-26-27-28-30-32-35-38-41-44-47-53(56)59-50-51(49-58-52(55)46-43-40-37-34-31-24-21-18-15-12-9-6-3)60-54(57)48-45-42-39-36-33-29-23-20-17-14-11-8-5-2/h8,11,16-17,19-20,25-26,29,33,39,42,51H,4-7,9-10,12-15,18,21-24,27-28,30-32,34-38,40-41,43-50H2,1-3H3/b11-8-,19-16-,20-17-,26-25-,33-29-,42-39-. The molecule has 0 aromatic heterocycles. The van der Waals surface area contributed by atoms with Gasteiger partial charge in [0.15, 0.2) is 6.10 Å². The van der Waals surface area contributed by atoms with Crippen molar-refractivity contribution >= 4 is 17.9 Å². The minimum atomic E-state index is -0.813. The van der Waals surface area contributed by atoms with Crippen LogP contribution < -0.4 is 0 Å². The lowest BCUT2D eigenvalue weighted by atomic mass is 10.0. The SMILES string of the molecule is CC/C=C\C/C=C\C/C=C\C/C=C\CCC(=O)OC(COC(=O)CCCCCCCCC/C=C\C/C=C\CCCCC)COC(=O)CCCCCCCCCCCCCC. The van der Waals surface area contributed by atoms with Crippen LogP contribution in [-0.2, 0) is 28.6 Å². The molecule has 0 aliphatic rings. The number of carbonyl (C=O) groups excluding carboxylic acids is 3. The third-order valence-corrected chi connectivity index (χ3v) is 10.5. The summed E-state index contributed by atoms with van der Waals surface area (Å²) in [5.74, 6) is -0.996. The van der Waals surface area contributed by atoms with Crippen LogP contribution in [0.25, 0.3) is 0 Å². The number of hydrogen-bond donors (Lipinski definition) is 0. The second-order valence-corrected chi connectivity index (χ2v) is 16.3. The van der Waals surface area contributed by atoms with Crippen LogP contribution in [-0.4, -0.2) is 37.2 Å². The molecule has 0 N–H and O–H groups in total. The second kappa shape index (κ2) is 48.5. The van der Waals surface area contributed by atoms with Crippen LogP contribution in [0.3, 0.4) is 0 Å². The summed E-state index contributed by atoms with van der Waals surface area (Å²) < 4.78 is 16.7. The van der Waals surface area contributed by atoms with Crippen LogP contribution in [0.5, 0.6) is 0 Å². The zero-order valence-corrected chi connectivity index (χ0v) is 39.2. The number of carbonyl (C=O) groups is 3. The minimum Gasteiger partial charge on any atom is -0.462 e.